The number of carbonyl (C=O) groups excluding carboxylic acids is 1. The van der Waals surface area contributed by atoms with Crippen LogP contribution in [0.4, 0.5) is 0 Å². The average molecular weight is 334 g/mol. The number of benzene rings is 1. The molecule has 0 saturated heterocycles. The van der Waals surface area contributed by atoms with Crippen molar-refractivity contribution in [1.82, 2.24) is 15.3 Å². The third kappa shape index (κ3) is 4.64. The summed E-state index contributed by atoms with van der Waals surface area (Å²) in [7, 11) is 0. The van der Waals surface area contributed by atoms with Crippen LogP contribution < -0.4 is 10.1 Å². The van der Waals surface area contributed by atoms with Crippen LogP contribution in [0.5, 0.6) is 11.6 Å². The van der Waals surface area contributed by atoms with Gasteiger partial charge in [0, 0.05) is 18.4 Å². The summed E-state index contributed by atoms with van der Waals surface area (Å²) in [5.74, 6) is 0.695. The fourth-order valence-electron chi connectivity index (χ4n) is 2.74. The van der Waals surface area contributed by atoms with Gasteiger partial charge in [0.1, 0.15) is 17.4 Å². The molecule has 3 rings (SSSR count). The van der Waals surface area contributed by atoms with E-state index in [0.717, 1.165) is 31.2 Å². The zero-order chi connectivity index (χ0) is 17.5. The number of ether oxygens (including phenoxy) is 1. The van der Waals surface area contributed by atoms with Gasteiger partial charge in [-0.15, -0.1) is 0 Å². The van der Waals surface area contributed by atoms with Crippen molar-refractivity contribution in [2.45, 2.75) is 31.7 Å². The smallest absolute Gasteiger partial charge is 0.262 e. The topological polar surface area (TPSA) is 87.9 Å². The number of hydrogen-bond donors (Lipinski definition) is 1. The Morgan fingerprint density at radius 2 is 2.00 bits per heavy atom. The summed E-state index contributed by atoms with van der Waals surface area (Å²) < 4.78 is 5.56. The molecule has 1 aromatic carbocycles. The summed E-state index contributed by atoms with van der Waals surface area (Å²) in [5, 5.41) is 12.2. The maximum Gasteiger partial charge on any atom is 0.262 e. The van der Waals surface area contributed by atoms with Crippen LogP contribution in [-0.4, -0.2) is 21.9 Å². The lowest BCUT2D eigenvalue weighted by atomic mass is 10.1. The van der Waals surface area contributed by atoms with Crippen LogP contribution in [0.15, 0.2) is 48.4 Å². The Kier molecular flexibility index (Phi) is 5.37. The second-order valence-corrected chi connectivity index (χ2v) is 5.84. The van der Waals surface area contributed by atoms with Crippen LogP contribution in [0.2, 0.25) is 0 Å². The molecule has 0 aliphatic heterocycles. The van der Waals surface area contributed by atoms with Gasteiger partial charge >= 0.3 is 0 Å². The average Bonchev–Trinajstić information content (AvgIpc) is 3.15. The van der Waals surface area contributed by atoms with E-state index in [0.29, 0.717) is 11.6 Å². The molecule has 1 heterocycles. The van der Waals surface area contributed by atoms with Crippen LogP contribution in [-0.2, 0) is 4.79 Å². The fourth-order valence-corrected chi connectivity index (χ4v) is 2.74. The van der Waals surface area contributed by atoms with Gasteiger partial charge < -0.3 is 10.1 Å². The number of rotatable bonds is 5. The highest BCUT2D eigenvalue weighted by Crippen LogP contribution is 2.20. The molecule has 1 N–H and O–H groups in total. The second-order valence-electron chi connectivity index (χ2n) is 5.84. The lowest BCUT2D eigenvalue weighted by Crippen LogP contribution is -2.33. The number of nitrogens with zero attached hydrogens (tertiary/aromatic N) is 3. The SMILES string of the molecule is N#C/C(=C/c1ccc(Oc2cnccn2)cc1)C(=O)NC1CCCC1. The summed E-state index contributed by atoms with van der Waals surface area (Å²) in [6, 6.07) is 9.24. The van der Waals surface area contributed by atoms with E-state index in [4.69, 9.17) is 4.74 Å². The van der Waals surface area contributed by atoms with Gasteiger partial charge in [0.25, 0.3) is 5.91 Å². The summed E-state index contributed by atoms with van der Waals surface area (Å²) in [5.41, 5.74) is 0.860. The van der Waals surface area contributed by atoms with Crippen molar-refractivity contribution in [1.29, 1.82) is 5.26 Å². The van der Waals surface area contributed by atoms with Gasteiger partial charge in [-0.25, -0.2) is 4.98 Å². The van der Waals surface area contributed by atoms with Crippen molar-refractivity contribution in [2.24, 2.45) is 0 Å². The molecule has 6 nitrogen and oxygen atoms in total. The van der Waals surface area contributed by atoms with Gasteiger partial charge in [-0.2, -0.15) is 5.26 Å². The largest absolute Gasteiger partial charge is 0.438 e. The minimum atomic E-state index is -0.311. The Morgan fingerprint density at radius 3 is 2.64 bits per heavy atom. The summed E-state index contributed by atoms with van der Waals surface area (Å²) in [6.07, 6.45) is 10.5. The van der Waals surface area contributed by atoms with E-state index < -0.39 is 0 Å². The van der Waals surface area contributed by atoms with E-state index >= 15 is 0 Å². The van der Waals surface area contributed by atoms with Crippen LogP contribution >= 0.6 is 0 Å². The molecule has 0 atom stereocenters. The standard InChI is InChI=1S/C19H18N4O2/c20-12-15(19(24)23-16-3-1-2-4-16)11-14-5-7-17(8-6-14)25-18-13-21-9-10-22-18/h5-11,13,16H,1-4H2,(H,23,24)/b15-11-. The maximum atomic E-state index is 12.2. The fraction of sp³-hybridized carbons (Fsp3) is 0.263. The first-order valence-corrected chi connectivity index (χ1v) is 8.21. The van der Waals surface area contributed by atoms with Crippen molar-refractivity contribution in [3.05, 3.63) is 54.0 Å². The van der Waals surface area contributed by atoms with Gasteiger partial charge in [0.2, 0.25) is 5.88 Å². The van der Waals surface area contributed by atoms with Crippen LogP contribution in [0.3, 0.4) is 0 Å². The Balaban J connectivity index is 1.66. The zero-order valence-corrected chi connectivity index (χ0v) is 13.7. The van der Waals surface area contributed by atoms with Crippen LogP contribution in [0, 0.1) is 11.3 Å². The molecule has 0 unspecified atom stereocenters. The number of nitriles is 1. The Bertz CT molecular complexity index is 788. The van der Waals surface area contributed by atoms with Gasteiger partial charge in [0.15, 0.2) is 0 Å². The molecule has 1 aromatic heterocycles. The van der Waals surface area contributed by atoms with Crippen molar-refractivity contribution in [2.75, 3.05) is 0 Å². The minimum Gasteiger partial charge on any atom is -0.438 e. The molecule has 0 spiro atoms. The van der Waals surface area contributed by atoms with Crippen molar-refractivity contribution >= 4 is 12.0 Å². The lowest BCUT2D eigenvalue weighted by molar-refractivity contribution is -0.117. The molecule has 6 heteroatoms. The molecule has 1 aliphatic carbocycles. The molecule has 25 heavy (non-hydrogen) atoms. The van der Waals surface area contributed by atoms with E-state index in [1.165, 1.54) is 6.20 Å². The third-order valence-corrected chi connectivity index (χ3v) is 4.01. The summed E-state index contributed by atoms with van der Waals surface area (Å²) in [6.45, 7) is 0. The molecule has 0 bridgehead atoms. The van der Waals surface area contributed by atoms with E-state index in [1.54, 1.807) is 42.7 Å². The van der Waals surface area contributed by atoms with Gasteiger partial charge in [0.05, 0.1) is 6.20 Å². The monoisotopic (exact) mass is 334 g/mol. The molecule has 126 valence electrons. The summed E-state index contributed by atoms with van der Waals surface area (Å²) >= 11 is 0. The second kappa shape index (κ2) is 8.06. The van der Waals surface area contributed by atoms with E-state index in [-0.39, 0.29) is 17.5 Å². The molecular formula is C19H18N4O2. The predicted octanol–water partition coefficient (Wildman–Crippen LogP) is 3.23. The number of aromatic nitrogens is 2. The van der Waals surface area contributed by atoms with Crippen molar-refractivity contribution in [3.63, 3.8) is 0 Å². The molecule has 1 aliphatic rings. The lowest BCUT2D eigenvalue weighted by Gasteiger charge is -2.11. The van der Waals surface area contributed by atoms with Gasteiger partial charge in [-0.1, -0.05) is 25.0 Å². The number of carbonyl (C=O) groups is 1. The van der Waals surface area contributed by atoms with Gasteiger partial charge in [-0.3, -0.25) is 9.78 Å². The molecule has 1 amide bonds. The maximum absolute atomic E-state index is 12.2. The molecular weight excluding hydrogens is 316 g/mol. The molecule has 0 radical (unpaired) electrons. The first kappa shape index (κ1) is 16.7. The highest BCUT2D eigenvalue weighted by molar-refractivity contribution is 6.01. The van der Waals surface area contributed by atoms with E-state index in [2.05, 4.69) is 15.3 Å². The number of nitrogens with one attached hydrogen (secondary N) is 1. The highest BCUT2D eigenvalue weighted by atomic mass is 16.5. The highest BCUT2D eigenvalue weighted by Gasteiger charge is 2.19. The molecule has 2 aromatic rings. The van der Waals surface area contributed by atoms with Crippen molar-refractivity contribution in [3.8, 4) is 17.7 Å². The van der Waals surface area contributed by atoms with Gasteiger partial charge in [-0.05, 0) is 36.6 Å². The van der Waals surface area contributed by atoms with Crippen molar-refractivity contribution < 1.29 is 9.53 Å². The Hall–Kier alpha value is -3.20. The normalized spacial score (nSPS) is 14.8. The quantitative estimate of drug-likeness (QED) is 0.670. The third-order valence-electron chi connectivity index (χ3n) is 4.01. The van der Waals surface area contributed by atoms with E-state index in [9.17, 15) is 10.1 Å². The number of amides is 1. The molecule has 1 saturated carbocycles. The molecule has 1 fully saturated rings. The summed E-state index contributed by atoms with van der Waals surface area (Å²) in [4.78, 5) is 20.2. The predicted molar refractivity (Wildman–Crippen MR) is 92.5 cm³/mol. The Labute approximate surface area is 146 Å². The van der Waals surface area contributed by atoms with Crippen LogP contribution in [0.25, 0.3) is 6.08 Å². The zero-order valence-electron chi connectivity index (χ0n) is 13.7. The van der Waals surface area contributed by atoms with Crippen LogP contribution in [0.1, 0.15) is 31.2 Å². The minimum absolute atomic E-state index is 0.106. The first-order valence-electron chi connectivity index (χ1n) is 8.21. The number of hydrogen-bond acceptors (Lipinski definition) is 5. The first-order chi connectivity index (χ1) is 12.2. The Morgan fingerprint density at radius 1 is 1.24 bits per heavy atom. The van der Waals surface area contributed by atoms with E-state index in [1.807, 2.05) is 6.07 Å².